The number of rotatable bonds is 3. The number of amides is 1. The maximum absolute atomic E-state index is 12.9. The second-order valence-corrected chi connectivity index (χ2v) is 7.85. The number of carbonyl (C=O) groups excluding carboxylic acids is 1. The molecule has 0 aliphatic carbocycles. The maximum Gasteiger partial charge on any atom is 0.267 e. The van der Waals surface area contributed by atoms with Crippen LogP contribution >= 0.6 is 11.6 Å². The van der Waals surface area contributed by atoms with E-state index in [-0.39, 0.29) is 18.0 Å². The predicted octanol–water partition coefficient (Wildman–Crippen LogP) is 2.64. The fourth-order valence-corrected chi connectivity index (χ4v) is 3.50. The lowest BCUT2D eigenvalue weighted by molar-refractivity contribution is -0.122. The Bertz CT molecular complexity index is 918. The number of anilines is 2. The summed E-state index contributed by atoms with van der Waals surface area (Å²) in [6.07, 6.45) is -0.0220. The van der Waals surface area contributed by atoms with Gasteiger partial charge in [-0.2, -0.15) is 0 Å². The number of sulfonamides is 1. The van der Waals surface area contributed by atoms with Crippen molar-refractivity contribution in [1.29, 1.82) is 0 Å². The molecule has 0 saturated heterocycles. The Hall–Kier alpha value is -2.32. The van der Waals surface area contributed by atoms with Gasteiger partial charge in [0, 0.05) is 10.7 Å². The number of halogens is 2. The Kier molecular flexibility index (Phi) is 4.57. The van der Waals surface area contributed by atoms with Crippen molar-refractivity contribution in [3.63, 3.8) is 0 Å². The van der Waals surface area contributed by atoms with E-state index in [1.165, 1.54) is 36.4 Å². The molecule has 3 rings (SSSR count). The summed E-state index contributed by atoms with van der Waals surface area (Å²) >= 11 is 5.92. The molecule has 1 aliphatic rings. The molecule has 0 aromatic heterocycles. The molecule has 0 radical (unpaired) electrons. The monoisotopic (exact) mass is 384 g/mol. The number of ether oxygens (including phenoxy) is 1. The van der Waals surface area contributed by atoms with E-state index in [1.807, 2.05) is 0 Å². The predicted molar refractivity (Wildman–Crippen MR) is 93.1 cm³/mol. The first-order chi connectivity index (χ1) is 11.7. The summed E-state index contributed by atoms with van der Waals surface area (Å²) in [6, 6.07) is 9.73. The largest absolute Gasteiger partial charge is 0.476 e. The Morgan fingerprint density at radius 2 is 1.96 bits per heavy atom. The summed E-state index contributed by atoms with van der Waals surface area (Å²) in [7, 11) is -3.64. The molecule has 2 aromatic carbocycles. The van der Waals surface area contributed by atoms with E-state index < -0.39 is 27.9 Å². The Morgan fingerprint density at radius 1 is 1.28 bits per heavy atom. The van der Waals surface area contributed by atoms with Crippen LogP contribution < -0.4 is 14.4 Å². The van der Waals surface area contributed by atoms with Gasteiger partial charge in [0.1, 0.15) is 11.6 Å². The van der Waals surface area contributed by atoms with Crippen LogP contribution in [-0.2, 0) is 14.8 Å². The van der Waals surface area contributed by atoms with Crippen LogP contribution in [0.15, 0.2) is 42.5 Å². The first-order valence-electron chi connectivity index (χ1n) is 7.24. The molecule has 1 heterocycles. The van der Waals surface area contributed by atoms with Gasteiger partial charge in [-0.3, -0.25) is 9.10 Å². The van der Waals surface area contributed by atoms with Crippen molar-refractivity contribution < 1.29 is 22.3 Å². The van der Waals surface area contributed by atoms with Crippen molar-refractivity contribution in [2.75, 3.05) is 22.4 Å². The van der Waals surface area contributed by atoms with Crippen molar-refractivity contribution in [1.82, 2.24) is 0 Å². The lowest BCUT2D eigenvalue weighted by atomic mass is 10.2. The Balaban J connectivity index is 1.87. The molecular formula is C16H14ClFN2O4S. The van der Waals surface area contributed by atoms with E-state index in [4.69, 9.17) is 16.3 Å². The van der Waals surface area contributed by atoms with Gasteiger partial charge in [0.15, 0.2) is 6.10 Å². The molecule has 1 amide bonds. The minimum atomic E-state index is -3.64. The van der Waals surface area contributed by atoms with Gasteiger partial charge in [-0.05, 0) is 42.5 Å². The summed E-state index contributed by atoms with van der Waals surface area (Å²) in [4.78, 5) is 12.4. The van der Waals surface area contributed by atoms with Gasteiger partial charge in [-0.1, -0.05) is 11.6 Å². The van der Waals surface area contributed by atoms with E-state index in [0.29, 0.717) is 10.7 Å². The number of fused-ring (bicyclic) bond motifs is 1. The van der Waals surface area contributed by atoms with Crippen LogP contribution in [0, 0.1) is 5.82 Å². The molecule has 25 heavy (non-hydrogen) atoms. The van der Waals surface area contributed by atoms with Gasteiger partial charge < -0.3 is 10.1 Å². The smallest absolute Gasteiger partial charge is 0.267 e. The van der Waals surface area contributed by atoms with E-state index >= 15 is 0 Å². The van der Waals surface area contributed by atoms with E-state index in [0.717, 1.165) is 10.6 Å². The van der Waals surface area contributed by atoms with Gasteiger partial charge in [-0.25, -0.2) is 12.8 Å². The first-order valence-corrected chi connectivity index (χ1v) is 9.47. The van der Waals surface area contributed by atoms with Crippen molar-refractivity contribution in [3.05, 3.63) is 53.3 Å². The number of benzene rings is 2. The number of nitrogens with zero attached hydrogens (tertiary/aromatic N) is 1. The molecule has 0 bridgehead atoms. The van der Waals surface area contributed by atoms with Crippen LogP contribution in [0.5, 0.6) is 5.75 Å². The SMILES string of the molecule is CS(=O)(=O)N1C[C@@H](C(=O)Nc2ccc(F)cc2)Oc2ccc(Cl)cc21. The quantitative estimate of drug-likeness (QED) is 0.882. The van der Waals surface area contributed by atoms with Crippen molar-refractivity contribution in [2.45, 2.75) is 6.10 Å². The summed E-state index contributed by atoms with van der Waals surface area (Å²) in [5, 5.41) is 2.93. The van der Waals surface area contributed by atoms with Crippen molar-refractivity contribution in [2.24, 2.45) is 0 Å². The molecule has 132 valence electrons. The zero-order valence-corrected chi connectivity index (χ0v) is 14.6. The minimum absolute atomic E-state index is 0.195. The molecule has 0 spiro atoms. The molecule has 6 nitrogen and oxygen atoms in total. The molecule has 2 aromatic rings. The molecule has 1 N–H and O–H groups in total. The van der Waals surface area contributed by atoms with Gasteiger partial charge in [-0.15, -0.1) is 0 Å². The summed E-state index contributed by atoms with van der Waals surface area (Å²) in [6.45, 7) is -0.195. The highest BCUT2D eigenvalue weighted by Gasteiger charge is 2.35. The molecule has 0 unspecified atom stereocenters. The average molecular weight is 385 g/mol. The molecule has 0 fully saturated rings. The van der Waals surface area contributed by atoms with Crippen LogP contribution in [0.2, 0.25) is 5.02 Å². The third-order valence-corrected chi connectivity index (χ3v) is 4.98. The first kappa shape index (κ1) is 17.5. The third-order valence-electron chi connectivity index (χ3n) is 3.60. The molecule has 1 aliphatic heterocycles. The van der Waals surface area contributed by atoms with Crippen LogP contribution in [-0.4, -0.2) is 33.2 Å². The van der Waals surface area contributed by atoms with Gasteiger partial charge in [0.25, 0.3) is 5.91 Å². The lowest BCUT2D eigenvalue weighted by Crippen LogP contribution is -2.48. The van der Waals surface area contributed by atoms with Crippen LogP contribution in [0.4, 0.5) is 15.8 Å². The van der Waals surface area contributed by atoms with E-state index in [2.05, 4.69) is 5.32 Å². The second kappa shape index (κ2) is 6.53. The van der Waals surface area contributed by atoms with E-state index in [1.54, 1.807) is 6.07 Å². The normalized spacial score (nSPS) is 16.8. The van der Waals surface area contributed by atoms with Crippen LogP contribution in [0.25, 0.3) is 0 Å². The fourth-order valence-electron chi connectivity index (χ4n) is 2.43. The topological polar surface area (TPSA) is 75.7 Å². The number of nitrogens with one attached hydrogen (secondary N) is 1. The summed E-state index contributed by atoms with van der Waals surface area (Å²) in [5.74, 6) is -0.734. The zero-order valence-electron chi connectivity index (χ0n) is 13.1. The third kappa shape index (κ3) is 3.85. The molecule has 9 heteroatoms. The van der Waals surface area contributed by atoms with Crippen molar-refractivity contribution in [3.8, 4) is 5.75 Å². The summed E-state index contributed by atoms with van der Waals surface area (Å²) in [5.41, 5.74) is 0.656. The molecular weight excluding hydrogens is 371 g/mol. The van der Waals surface area contributed by atoms with Gasteiger partial charge >= 0.3 is 0 Å². The standard InChI is InChI=1S/C16H14ClFN2O4S/c1-25(22,23)20-9-15(24-14-7-2-10(17)8-13(14)20)16(21)19-12-5-3-11(18)4-6-12/h2-8,15H,9H2,1H3,(H,19,21)/t15-/m0/s1. The number of hydrogen-bond acceptors (Lipinski definition) is 4. The number of hydrogen-bond donors (Lipinski definition) is 1. The minimum Gasteiger partial charge on any atom is -0.476 e. The highest BCUT2D eigenvalue weighted by atomic mass is 35.5. The molecule has 0 saturated carbocycles. The van der Waals surface area contributed by atoms with Crippen LogP contribution in [0.1, 0.15) is 0 Å². The van der Waals surface area contributed by atoms with Gasteiger partial charge in [0.2, 0.25) is 10.0 Å². The van der Waals surface area contributed by atoms with Gasteiger partial charge in [0.05, 0.1) is 18.5 Å². The van der Waals surface area contributed by atoms with Crippen molar-refractivity contribution >= 4 is 38.9 Å². The maximum atomic E-state index is 12.9. The number of carbonyl (C=O) groups is 1. The lowest BCUT2D eigenvalue weighted by Gasteiger charge is -2.34. The average Bonchev–Trinajstić information content (AvgIpc) is 2.55. The highest BCUT2D eigenvalue weighted by Crippen LogP contribution is 2.37. The Labute approximate surface area is 149 Å². The zero-order chi connectivity index (χ0) is 18.2. The Morgan fingerprint density at radius 3 is 2.60 bits per heavy atom. The fraction of sp³-hybridized carbons (Fsp3) is 0.188. The molecule has 1 atom stereocenters. The second-order valence-electron chi connectivity index (χ2n) is 5.51. The highest BCUT2D eigenvalue weighted by molar-refractivity contribution is 7.92. The van der Waals surface area contributed by atoms with Crippen LogP contribution in [0.3, 0.4) is 0 Å². The summed E-state index contributed by atoms with van der Waals surface area (Å²) < 4.78 is 43.8. The van der Waals surface area contributed by atoms with E-state index in [9.17, 15) is 17.6 Å².